The first-order chi connectivity index (χ1) is 10.7. The van der Waals surface area contributed by atoms with Gasteiger partial charge in [-0.2, -0.15) is 0 Å². The molecule has 0 aliphatic carbocycles. The largest absolute Gasteiger partial charge is 0.469 e. The van der Waals surface area contributed by atoms with Gasteiger partial charge in [0.15, 0.2) is 7.14 Å². The Morgan fingerprint density at radius 2 is 1.59 bits per heavy atom. The van der Waals surface area contributed by atoms with Crippen LogP contribution in [0.25, 0.3) is 10.8 Å². The lowest BCUT2D eigenvalue weighted by molar-refractivity contribution is -0.597. The number of halogens is 1. The molecule has 2 nitrogen and oxygen atoms in total. The molecule has 3 heteroatoms. The average molecular weight is 403 g/mol. The summed E-state index contributed by atoms with van der Waals surface area (Å²) in [6.45, 7) is 0. The highest BCUT2D eigenvalue weighted by molar-refractivity contribution is 5.81. The van der Waals surface area contributed by atoms with Crippen LogP contribution < -0.4 is 21.2 Å². The molecule has 0 atom stereocenters. The molecule has 0 aromatic heterocycles. The number of carbonyl (C=O) groups is 1. The second-order valence-corrected chi connectivity index (χ2v) is 8.00. The molecule has 0 amide bonds. The molecule has 0 saturated carbocycles. The van der Waals surface area contributed by atoms with Crippen molar-refractivity contribution in [3.63, 3.8) is 0 Å². The smallest absolute Gasteiger partial charge is 0.357 e. The molecule has 22 heavy (non-hydrogen) atoms. The van der Waals surface area contributed by atoms with E-state index in [1.807, 2.05) is 12.1 Å². The predicted octanol–water partition coefficient (Wildman–Crippen LogP) is 0.684. The molecule has 110 valence electrons. The number of methoxy groups -OCH3 is 1. The van der Waals surface area contributed by atoms with Crippen molar-refractivity contribution in [1.82, 2.24) is 0 Å². The van der Waals surface area contributed by atoms with E-state index in [1.54, 1.807) is 0 Å². The van der Waals surface area contributed by atoms with Crippen molar-refractivity contribution >= 4 is 16.7 Å². The van der Waals surface area contributed by atoms with Gasteiger partial charge in [-0.15, -0.1) is 0 Å². The van der Waals surface area contributed by atoms with Crippen LogP contribution in [0.1, 0.15) is 5.56 Å². The molecular weight excluding hydrogens is 387 g/mol. The van der Waals surface area contributed by atoms with Crippen molar-refractivity contribution in [1.29, 1.82) is 0 Å². The van der Waals surface area contributed by atoms with Crippen molar-refractivity contribution in [2.24, 2.45) is 0 Å². The Kier molecular flexibility index (Phi) is 4.73. The molecule has 3 aromatic rings. The van der Waals surface area contributed by atoms with Crippen molar-refractivity contribution in [2.45, 2.75) is 6.42 Å². The fraction of sp³-hybridized carbons (Fsp3) is 0.105. The molecule has 3 aromatic carbocycles. The SMILES string of the molecule is COC(=O)Cc1ccc([I+]c2ccc3ccccc3c2)cc1. The fourth-order valence-corrected chi connectivity index (χ4v) is 4.54. The summed E-state index contributed by atoms with van der Waals surface area (Å²) in [5, 5.41) is 2.57. The van der Waals surface area contributed by atoms with Gasteiger partial charge in [-0.3, -0.25) is 4.79 Å². The molecule has 0 radical (unpaired) electrons. The van der Waals surface area contributed by atoms with Gasteiger partial charge in [-0.1, -0.05) is 36.4 Å². The molecule has 0 aliphatic heterocycles. The summed E-state index contributed by atoms with van der Waals surface area (Å²) >= 11 is -0.200. The Morgan fingerprint density at radius 3 is 2.32 bits per heavy atom. The molecule has 0 unspecified atom stereocenters. The first kappa shape index (κ1) is 15.0. The van der Waals surface area contributed by atoms with Crippen LogP contribution in [0.3, 0.4) is 0 Å². The molecular formula is C19H16IO2+. The summed E-state index contributed by atoms with van der Waals surface area (Å²) in [7, 11) is 1.42. The quantitative estimate of drug-likeness (QED) is 0.474. The normalized spacial score (nSPS) is 10.6. The zero-order valence-corrected chi connectivity index (χ0v) is 14.4. The minimum atomic E-state index is -0.200. The minimum Gasteiger partial charge on any atom is -0.469 e. The van der Waals surface area contributed by atoms with Gasteiger partial charge in [0, 0.05) is 0 Å². The van der Waals surface area contributed by atoms with Gasteiger partial charge < -0.3 is 4.74 Å². The highest BCUT2D eigenvalue weighted by atomic mass is 127. The first-order valence-electron chi connectivity index (χ1n) is 7.04. The van der Waals surface area contributed by atoms with Gasteiger partial charge in [0.05, 0.1) is 13.5 Å². The summed E-state index contributed by atoms with van der Waals surface area (Å²) in [5.74, 6) is -0.197. The summed E-state index contributed by atoms with van der Waals surface area (Å²) in [4.78, 5) is 11.3. The number of ether oxygens (including phenoxy) is 1. The Balaban J connectivity index is 1.75. The summed E-state index contributed by atoms with van der Waals surface area (Å²) in [5.41, 5.74) is 0.998. The van der Waals surface area contributed by atoms with Gasteiger partial charge >= 0.3 is 27.2 Å². The van der Waals surface area contributed by atoms with Crippen molar-refractivity contribution < 1.29 is 30.7 Å². The summed E-state index contributed by atoms with van der Waals surface area (Å²) in [6, 6.07) is 23.4. The van der Waals surface area contributed by atoms with E-state index in [2.05, 4.69) is 59.3 Å². The van der Waals surface area contributed by atoms with Crippen LogP contribution in [0.4, 0.5) is 0 Å². The first-order valence-corrected chi connectivity index (χ1v) is 9.20. The number of fused-ring (bicyclic) bond motifs is 1. The van der Waals surface area contributed by atoms with Crippen LogP contribution in [-0.2, 0) is 16.0 Å². The third-order valence-electron chi connectivity index (χ3n) is 3.42. The van der Waals surface area contributed by atoms with Gasteiger partial charge in [-0.25, -0.2) is 0 Å². The lowest BCUT2D eigenvalue weighted by atomic mass is 10.1. The van der Waals surface area contributed by atoms with Crippen molar-refractivity contribution in [3.8, 4) is 0 Å². The zero-order chi connectivity index (χ0) is 15.4. The van der Waals surface area contributed by atoms with Crippen molar-refractivity contribution in [2.75, 3.05) is 7.11 Å². The van der Waals surface area contributed by atoms with E-state index in [0.717, 1.165) is 5.56 Å². The molecule has 0 saturated heterocycles. The molecule has 3 rings (SSSR count). The van der Waals surface area contributed by atoms with E-state index >= 15 is 0 Å². The van der Waals surface area contributed by atoms with Crippen LogP contribution >= 0.6 is 0 Å². The number of benzene rings is 3. The average Bonchev–Trinajstić information content (AvgIpc) is 2.56. The third-order valence-corrected chi connectivity index (χ3v) is 6.05. The summed E-state index contributed by atoms with van der Waals surface area (Å²) in [6.07, 6.45) is 0.338. The molecule has 0 bridgehead atoms. The van der Waals surface area contributed by atoms with Crippen molar-refractivity contribution in [3.05, 3.63) is 79.4 Å². The van der Waals surface area contributed by atoms with Gasteiger partial charge in [0.1, 0.15) is 0 Å². The maximum absolute atomic E-state index is 11.3. The Hall–Kier alpha value is -1.88. The number of rotatable bonds is 4. The van der Waals surface area contributed by atoms with E-state index in [9.17, 15) is 4.79 Å². The van der Waals surface area contributed by atoms with E-state index in [-0.39, 0.29) is 27.2 Å². The number of carbonyl (C=O) groups excluding carboxylic acids is 1. The second-order valence-electron chi connectivity index (χ2n) is 4.97. The van der Waals surface area contributed by atoms with E-state index < -0.39 is 0 Å². The summed E-state index contributed by atoms with van der Waals surface area (Å²) < 4.78 is 7.44. The standard InChI is InChI=1S/C19H16IO2/c1-22-19(21)12-14-6-9-17(10-7-14)20-18-11-8-15-4-2-3-5-16(15)13-18/h2-11,13H,12H2,1H3/q+1. The third kappa shape index (κ3) is 3.65. The molecule has 0 spiro atoms. The highest BCUT2D eigenvalue weighted by Crippen LogP contribution is 2.11. The Morgan fingerprint density at radius 1 is 0.909 bits per heavy atom. The van der Waals surface area contributed by atoms with Crippen LogP contribution in [0.15, 0.2) is 66.7 Å². The topological polar surface area (TPSA) is 26.3 Å². The second kappa shape index (κ2) is 6.92. The number of hydrogen-bond donors (Lipinski definition) is 0. The fourth-order valence-electron chi connectivity index (χ4n) is 2.25. The van der Waals surface area contributed by atoms with Crippen LogP contribution in [0.5, 0.6) is 0 Å². The number of hydrogen-bond acceptors (Lipinski definition) is 2. The van der Waals surface area contributed by atoms with Gasteiger partial charge in [-0.05, 0) is 46.7 Å². The minimum absolute atomic E-state index is 0.197. The Labute approximate surface area is 140 Å². The van der Waals surface area contributed by atoms with Gasteiger partial charge in [0.25, 0.3) is 0 Å². The Bertz CT molecular complexity index is 794. The maximum atomic E-state index is 11.3. The molecule has 0 N–H and O–H groups in total. The van der Waals surface area contributed by atoms with E-state index in [1.165, 1.54) is 25.0 Å². The lowest BCUT2D eigenvalue weighted by Crippen LogP contribution is -3.61. The monoisotopic (exact) mass is 403 g/mol. The highest BCUT2D eigenvalue weighted by Gasteiger charge is 2.16. The zero-order valence-electron chi connectivity index (χ0n) is 12.3. The molecule has 0 heterocycles. The van der Waals surface area contributed by atoms with Gasteiger partial charge in [0.2, 0.25) is 0 Å². The van der Waals surface area contributed by atoms with Crippen LogP contribution in [0.2, 0.25) is 0 Å². The maximum Gasteiger partial charge on any atom is 0.357 e. The van der Waals surface area contributed by atoms with E-state index in [4.69, 9.17) is 0 Å². The predicted molar refractivity (Wildman–Crippen MR) is 83.5 cm³/mol. The number of esters is 1. The molecule has 0 fully saturated rings. The van der Waals surface area contributed by atoms with Crippen LogP contribution in [-0.4, -0.2) is 13.1 Å². The lowest BCUT2D eigenvalue weighted by Gasteiger charge is -1.98. The van der Waals surface area contributed by atoms with E-state index in [0.29, 0.717) is 6.42 Å². The van der Waals surface area contributed by atoms with Crippen LogP contribution in [0, 0.1) is 7.14 Å². The molecule has 0 aliphatic rings.